The van der Waals surface area contributed by atoms with Crippen molar-refractivity contribution in [3.05, 3.63) is 70.8 Å². The van der Waals surface area contributed by atoms with Crippen molar-refractivity contribution in [2.24, 2.45) is 0 Å². The van der Waals surface area contributed by atoms with Crippen LogP contribution in [0.1, 0.15) is 62.4 Å². The van der Waals surface area contributed by atoms with Gasteiger partial charge in [-0.1, -0.05) is 35.4 Å². The molecule has 0 fully saturated rings. The van der Waals surface area contributed by atoms with Crippen molar-refractivity contribution in [3.63, 3.8) is 0 Å². The van der Waals surface area contributed by atoms with Crippen LogP contribution in [-0.4, -0.2) is 21.1 Å². The summed E-state index contributed by atoms with van der Waals surface area (Å²) in [4.78, 5) is 13.0. The molecule has 0 spiro atoms. The van der Waals surface area contributed by atoms with Gasteiger partial charge in [0.15, 0.2) is 5.78 Å². The minimum atomic E-state index is -0.990. The normalized spacial score (nSPS) is 18.5. The van der Waals surface area contributed by atoms with E-state index in [0.29, 0.717) is 6.42 Å². The SMILES string of the molecule is CC(C)=CCCC(C)=CCC1(c2ccc(O)cc2)CC(=O)c2c(O)cc(O)cc2O1. The number of aromatic hydroxyl groups is 3. The van der Waals surface area contributed by atoms with Gasteiger partial charge in [-0.2, -0.15) is 0 Å². The fourth-order valence-corrected chi connectivity index (χ4v) is 3.73. The van der Waals surface area contributed by atoms with Gasteiger partial charge < -0.3 is 20.1 Å². The van der Waals surface area contributed by atoms with E-state index < -0.39 is 5.60 Å². The zero-order valence-corrected chi connectivity index (χ0v) is 17.6. The van der Waals surface area contributed by atoms with Gasteiger partial charge in [-0.25, -0.2) is 0 Å². The molecule has 1 heterocycles. The van der Waals surface area contributed by atoms with Crippen molar-refractivity contribution >= 4 is 5.78 Å². The van der Waals surface area contributed by atoms with E-state index in [-0.39, 0.29) is 40.8 Å². The van der Waals surface area contributed by atoms with Crippen molar-refractivity contribution < 1.29 is 24.9 Å². The van der Waals surface area contributed by atoms with E-state index in [9.17, 15) is 20.1 Å². The Labute approximate surface area is 177 Å². The number of hydrogen-bond acceptors (Lipinski definition) is 5. The van der Waals surface area contributed by atoms with Gasteiger partial charge in [-0.05, 0) is 51.3 Å². The van der Waals surface area contributed by atoms with Crippen LogP contribution >= 0.6 is 0 Å². The van der Waals surface area contributed by atoms with E-state index in [2.05, 4.69) is 32.9 Å². The number of hydrogen-bond donors (Lipinski definition) is 3. The number of carbonyl (C=O) groups is 1. The van der Waals surface area contributed by atoms with Gasteiger partial charge in [0.2, 0.25) is 0 Å². The lowest BCUT2D eigenvalue weighted by molar-refractivity contribution is 0.0390. The number of phenols is 3. The predicted octanol–water partition coefficient (Wildman–Crippen LogP) is 5.75. The molecule has 1 atom stereocenters. The highest BCUT2D eigenvalue weighted by molar-refractivity contribution is 6.03. The molecular weight excluding hydrogens is 380 g/mol. The first-order valence-electron chi connectivity index (χ1n) is 10.1. The van der Waals surface area contributed by atoms with Gasteiger partial charge in [0.1, 0.15) is 34.2 Å². The van der Waals surface area contributed by atoms with E-state index >= 15 is 0 Å². The fraction of sp³-hybridized carbons (Fsp3) is 0.320. The summed E-state index contributed by atoms with van der Waals surface area (Å²) in [7, 11) is 0. The number of phenolic OH excluding ortho intramolecular Hbond substituents is 3. The second-order valence-electron chi connectivity index (χ2n) is 8.16. The van der Waals surface area contributed by atoms with E-state index in [0.717, 1.165) is 24.5 Å². The van der Waals surface area contributed by atoms with Gasteiger partial charge in [-0.15, -0.1) is 0 Å². The summed E-state index contributed by atoms with van der Waals surface area (Å²) in [6, 6.07) is 9.09. The molecule has 2 aromatic rings. The molecule has 0 saturated heterocycles. The number of carbonyl (C=O) groups excluding carboxylic acids is 1. The van der Waals surface area contributed by atoms with Crippen molar-refractivity contribution in [3.8, 4) is 23.0 Å². The number of Topliss-reactive ketones (excluding diaryl/α,β-unsaturated/α-hetero) is 1. The molecule has 1 aliphatic rings. The summed E-state index contributed by atoms with van der Waals surface area (Å²) in [6.45, 7) is 6.20. The Balaban J connectivity index is 1.98. The summed E-state index contributed by atoms with van der Waals surface area (Å²) >= 11 is 0. The van der Waals surface area contributed by atoms with Crippen LogP contribution in [0.3, 0.4) is 0 Å². The molecule has 1 aliphatic heterocycles. The zero-order valence-electron chi connectivity index (χ0n) is 17.6. The maximum absolute atomic E-state index is 13.0. The van der Waals surface area contributed by atoms with Gasteiger partial charge >= 0.3 is 0 Å². The van der Waals surface area contributed by atoms with Gasteiger partial charge in [0.05, 0.1) is 6.42 Å². The number of fused-ring (bicyclic) bond motifs is 1. The van der Waals surface area contributed by atoms with Crippen LogP contribution < -0.4 is 4.74 Å². The van der Waals surface area contributed by atoms with Crippen molar-refractivity contribution in [1.29, 1.82) is 0 Å². The van der Waals surface area contributed by atoms with Crippen LogP contribution in [0.5, 0.6) is 23.0 Å². The molecule has 158 valence electrons. The second kappa shape index (κ2) is 8.66. The largest absolute Gasteiger partial charge is 0.508 e. The summed E-state index contributed by atoms with van der Waals surface area (Å²) in [5.74, 6) is -0.429. The van der Waals surface area contributed by atoms with Crippen molar-refractivity contribution in [2.45, 2.75) is 52.1 Å². The Bertz CT molecular complexity index is 997. The average Bonchev–Trinajstić information content (AvgIpc) is 2.65. The lowest BCUT2D eigenvalue weighted by Crippen LogP contribution is -2.39. The third-order valence-corrected chi connectivity index (χ3v) is 5.36. The Kier molecular flexibility index (Phi) is 6.20. The van der Waals surface area contributed by atoms with Crippen LogP contribution in [0.2, 0.25) is 0 Å². The monoisotopic (exact) mass is 408 g/mol. The smallest absolute Gasteiger partial charge is 0.174 e. The molecule has 1 unspecified atom stereocenters. The number of allylic oxidation sites excluding steroid dienone is 3. The van der Waals surface area contributed by atoms with Crippen LogP contribution in [0.4, 0.5) is 0 Å². The first kappa shape index (κ1) is 21.5. The lowest BCUT2D eigenvalue weighted by atomic mass is 9.81. The van der Waals surface area contributed by atoms with Gasteiger partial charge in [0.25, 0.3) is 0 Å². The van der Waals surface area contributed by atoms with Crippen LogP contribution in [0, 0.1) is 0 Å². The third-order valence-electron chi connectivity index (χ3n) is 5.36. The molecule has 3 N–H and O–H groups in total. The number of ether oxygens (including phenoxy) is 1. The average molecular weight is 408 g/mol. The highest BCUT2D eigenvalue weighted by Gasteiger charge is 2.42. The van der Waals surface area contributed by atoms with Crippen LogP contribution in [0.25, 0.3) is 0 Å². The minimum Gasteiger partial charge on any atom is -0.508 e. The Morgan fingerprint density at radius 2 is 1.73 bits per heavy atom. The quantitative estimate of drug-likeness (QED) is 0.530. The summed E-state index contributed by atoms with van der Waals surface area (Å²) < 4.78 is 6.29. The van der Waals surface area contributed by atoms with E-state index in [1.165, 1.54) is 17.2 Å². The minimum absolute atomic E-state index is 0.0425. The first-order valence-corrected chi connectivity index (χ1v) is 10.1. The molecule has 0 aromatic heterocycles. The molecule has 0 bridgehead atoms. The Hall–Kier alpha value is -3.21. The summed E-state index contributed by atoms with van der Waals surface area (Å²) in [6.07, 6.45) is 6.60. The zero-order chi connectivity index (χ0) is 21.9. The molecule has 0 saturated carbocycles. The van der Waals surface area contributed by atoms with Crippen LogP contribution in [0.15, 0.2) is 59.7 Å². The van der Waals surface area contributed by atoms with Gasteiger partial charge in [0, 0.05) is 18.6 Å². The molecular formula is C25H28O5. The van der Waals surface area contributed by atoms with Crippen LogP contribution in [-0.2, 0) is 5.60 Å². The molecule has 30 heavy (non-hydrogen) atoms. The Morgan fingerprint density at radius 1 is 1.03 bits per heavy atom. The van der Waals surface area contributed by atoms with E-state index in [1.54, 1.807) is 24.3 Å². The van der Waals surface area contributed by atoms with E-state index in [1.807, 2.05) is 0 Å². The molecule has 0 aliphatic carbocycles. The number of rotatable bonds is 6. The highest BCUT2D eigenvalue weighted by Crippen LogP contribution is 2.46. The molecule has 2 aromatic carbocycles. The summed E-state index contributed by atoms with van der Waals surface area (Å²) in [5, 5.41) is 29.7. The highest BCUT2D eigenvalue weighted by atomic mass is 16.5. The standard InChI is InChI=1S/C25H28O5/c1-16(2)5-4-6-17(3)11-12-25(18-7-9-19(26)10-8-18)15-22(29)24-21(28)13-20(27)14-23(24)30-25/h5,7-11,13-14,26-28H,4,6,12,15H2,1-3H3. The predicted molar refractivity (Wildman–Crippen MR) is 116 cm³/mol. The topological polar surface area (TPSA) is 87.0 Å². The second-order valence-corrected chi connectivity index (χ2v) is 8.16. The molecule has 3 rings (SSSR count). The van der Waals surface area contributed by atoms with E-state index in [4.69, 9.17) is 4.74 Å². The molecule has 0 amide bonds. The molecule has 5 heteroatoms. The number of benzene rings is 2. The van der Waals surface area contributed by atoms with Gasteiger partial charge in [-0.3, -0.25) is 4.79 Å². The van der Waals surface area contributed by atoms with Crippen molar-refractivity contribution in [1.82, 2.24) is 0 Å². The number of ketones is 1. The fourth-order valence-electron chi connectivity index (χ4n) is 3.73. The lowest BCUT2D eigenvalue weighted by Gasteiger charge is -2.38. The Morgan fingerprint density at radius 3 is 2.40 bits per heavy atom. The molecule has 5 nitrogen and oxygen atoms in total. The maximum Gasteiger partial charge on any atom is 0.174 e. The summed E-state index contributed by atoms with van der Waals surface area (Å²) in [5.41, 5.74) is 2.31. The third kappa shape index (κ3) is 4.67. The maximum atomic E-state index is 13.0. The first-order chi connectivity index (χ1) is 14.2. The van der Waals surface area contributed by atoms with Crippen molar-refractivity contribution in [2.75, 3.05) is 0 Å². The molecule has 0 radical (unpaired) electrons.